The van der Waals surface area contributed by atoms with Crippen LogP contribution in [0.2, 0.25) is 0 Å². The van der Waals surface area contributed by atoms with E-state index in [9.17, 15) is 50.4 Å². The summed E-state index contributed by atoms with van der Waals surface area (Å²) in [6.07, 6.45) is 2.38. The molecule has 0 saturated carbocycles. The Balaban J connectivity index is 0.000000190. The van der Waals surface area contributed by atoms with Crippen LogP contribution in [0.3, 0.4) is 0 Å². The molecule has 1 fully saturated rings. The molecule has 0 unspecified atom stereocenters. The predicted octanol–water partition coefficient (Wildman–Crippen LogP) is 7.32. The second-order valence-electron chi connectivity index (χ2n) is 19.4. The Labute approximate surface area is 489 Å². The fourth-order valence-corrected chi connectivity index (χ4v) is 15.8. The number of hydrogen-bond donors (Lipinski definition) is 1. The van der Waals surface area contributed by atoms with Gasteiger partial charge in [-0.1, -0.05) is 147 Å². The molecule has 0 aliphatic carbocycles. The van der Waals surface area contributed by atoms with E-state index in [1.807, 2.05) is 72.8 Å². The number of Topliss-reactive ketones (excluding diaryl/α,β-unsaturated/α-hetero) is 2. The third kappa shape index (κ3) is 10.6. The summed E-state index contributed by atoms with van der Waals surface area (Å²) in [5, 5.41) is 9.05. The number of fused-ring (bicyclic) bond motifs is 4. The van der Waals surface area contributed by atoms with Gasteiger partial charge in [0.25, 0.3) is 36.8 Å². The summed E-state index contributed by atoms with van der Waals surface area (Å²) in [6, 6.07) is 36.9. The molecule has 6 aromatic carbocycles. The van der Waals surface area contributed by atoms with Crippen molar-refractivity contribution in [3.8, 4) is 23.0 Å². The molecule has 24 heteroatoms. The van der Waals surface area contributed by atoms with Gasteiger partial charge in [0.15, 0.2) is 40.9 Å². The molecule has 0 bridgehead atoms. The number of carbonyl (C=O) groups excluding carboxylic acids is 6. The van der Waals surface area contributed by atoms with Gasteiger partial charge in [0.05, 0.1) is 24.1 Å². The van der Waals surface area contributed by atoms with Gasteiger partial charge in [0.2, 0.25) is 5.78 Å². The number of ketones is 2. The van der Waals surface area contributed by atoms with Crippen LogP contribution >= 0.6 is 10.5 Å². The van der Waals surface area contributed by atoms with Crippen LogP contribution in [-0.2, 0) is 65.1 Å². The van der Waals surface area contributed by atoms with Gasteiger partial charge in [-0.2, -0.15) is 10.5 Å². The molecule has 21 nitrogen and oxygen atoms in total. The van der Waals surface area contributed by atoms with Crippen molar-refractivity contribution < 1.29 is 83.9 Å². The Bertz CT molecular complexity index is 3990. The third-order valence-corrected chi connectivity index (χ3v) is 20.2. The van der Waals surface area contributed by atoms with Crippen molar-refractivity contribution in [1.82, 2.24) is 8.61 Å². The molecule has 85 heavy (non-hydrogen) atoms. The molecule has 11 rings (SSSR count). The third-order valence-electron chi connectivity index (χ3n) is 14.1. The lowest BCUT2D eigenvalue weighted by Gasteiger charge is -2.28. The summed E-state index contributed by atoms with van der Waals surface area (Å²) >= 11 is 0. The van der Waals surface area contributed by atoms with Gasteiger partial charge in [-0.05, 0) is 36.5 Å². The fourth-order valence-electron chi connectivity index (χ4n) is 10.2. The number of amides is 2. The minimum atomic E-state index is -4.75. The molecule has 5 aliphatic rings. The van der Waals surface area contributed by atoms with Crippen LogP contribution in [0.25, 0.3) is 4.85 Å². The van der Waals surface area contributed by atoms with Gasteiger partial charge in [0, 0.05) is 40.8 Å². The van der Waals surface area contributed by atoms with Crippen LogP contribution in [0.5, 0.6) is 23.0 Å². The maximum absolute atomic E-state index is 14.0. The van der Waals surface area contributed by atoms with Crippen molar-refractivity contribution in [1.29, 1.82) is 0 Å². The second-order valence-corrected chi connectivity index (χ2v) is 25.1. The zero-order valence-corrected chi connectivity index (χ0v) is 47.1. The summed E-state index contributed by atoms with van der Waals surface area (Å²) in [5.74, 6) is -9.93. The maximum Gasteiger partial charge on any atom is 0.372 e. The zero-order chi connectivity index (χ0) is 60.4. The Kier molecular flexibility index (Phi) is 16.2. The molecule has 0 radical (unpaired) electrons. The van der Waals surface area contributed by atoms with Crippen molar-refractivity contribution >= 4 is 76.8 Å². The minimum absolute atomic E-state index is 0.0112. The lowest BCUT2D eigenvalue weighted by Crippen LogP contribution is -2.47. The highest BCUT2D eigenvalue weighted by Gasteiger charge is 2.55. The van der Waals surface area contributed by atoms with E-state index >= 15 is 0 Å². The lowest BCUT2D eigenvalue weighted by atomic mass is 9.97. The molecule has 2 amide bonds. The van der Waals surface area contributed by atoms with Crippen molar-refractivity contribution in [3.63, 3.8) is 0 Å². The van der Waals surface area contributed by atoms with E-state index in [4.69, 9.17) is 40.1 Å². The monoisotopic (exact) mass is 1210 g/mol. The summed E-state index contributed by atoms with van der Waals surface area (Å²) in [7, 11) is -9.99. The van der Waals surface area contributed by atoms with Gasteiger partial charge in [-0.25, -0.2) is 44.7 Å². The summed E-state index contributed by atoms with van der Waals surface area (Å²) < 4.78 is 91.1. The first-order valence-electron chi connectivity index (χ1n) is 26.1. The van der Waals surface area contributed by atoms with E-state index in [0.29, 0.717) is 38.1 Å². The van der Waals surface area contributed by atoms with Gasteiger partial charge < -0.3 is 38.3 Å². The van der Waals surface area contributed by atoms with Crippen LogP contribution in [0.15, 0.2) is 181 Å². The summed E-state index contributed by atoms with van der Waals surface area (Å²) in [4.78, 5) is 92.3. The molecule has 5 heterocycles. The van der Waals surface area contributed by atoms with E-state index < -0.39 is 118 Å². The molecule has 6 aromatic rings. The predicted molar refractivity (Wildman–Crippen MR) is 304 cm³/mol. The van der Waals surface area contributed by atoms with Crippen LogP contribution in [0.1, 0.15) is 68.7 Å². The number of rotatable bonds is 18. The highest BCUT2D eigenvalue weighted by atomic mass is 32.2. The number of carboxylic acid groups (broad SMARTS) is 1. The lowest BCUT2D eigenvalue weighted by molar-refractivity contribution is -0.152. The number of nitrogens with zero attached hydrogens (tertiary/aromatic N) is 3. The number of hydrogen-bond acceptors (Lipinski definition) is 17. The number of esters is 2. The number of aliphatic carboxylic acids is 1. The van der Waals surface area contributed by atoms with Crippen molar-refractivity contribution in [2.24, 2.45) is 0 Å². The van der Waals surface area contributed by atoms with Gasteiger partial charge in [-0.3, -0.25) is 14.4 Å². The zero-order valence-electron chi connectivity index (χ0n) is 44.7. The smallest absolute Gasteiger partial charge is 0.372 e. The normalized spacial score (nSPS) is 17.4. The van der Waals surface area contributed by atoms with E-state index in [-0.39, 0.29) is 56.6 Å². The molecule has 5 aliphatic heterocycles. The van der Waals surface area contributed by atoms with E-state index in [1.165, 1.54) is 30.4 Å². The average Bonchev–Trinajstić information content (AvgIpc) is 1.80. The number of carbonyl (C=O) groups is 7. The molecule has 434 valence electrons. The maximum atomic E-state index is 14.0. The highest BCUT2D eigenvalue weighted by molar-refractivity contribution is 8.17. The molecule has 1 N–H and O–H groups in total. The summed E-state index contributed by atoms with van der Waals surface area (Å²) in [6.45, 7) is 13.9. The molecular formula is C61H49N3O18S3. The molecule has 2 atom stereocenters. The fraction of sp³-hybridized carbons (Fsp3) is 0.197. The van der Waals surface area contributed by atoms with E-state index in [0.717, 1.165) is 18.9 Å². The number of sulfonamides is 2. The quantitative estimate of drug-likeness (QED) is 0.0290. The van der Waals surface area contributed by atoms with E-state index in [2.05, 4.69) is 18.0 Å². The van der Waals surface area contributed by atoms with Crippen LogP contribution in [0.4, 0.5) is 0 Å². The minimum Gasteiger partial charge on any atom is -0.475 e. The highest BCUT2D eigenvalue weighted by Crippen LogP contribution is 2.53. The SMILES string of the molecule is C=CCOC(=O)[C@H](CC(=O)C(=O)O)N1C(=O)c2cc3c(cc2S1(=O)=O)OC(c1ccccc1)(c1ccccc1)O3.[C-]#[N+]C(C(=O)C[C@@H](C(=O)OCC=C)N1C(=O)c2cc3c(cc2S1(=O)=O)OC(c1ccccc1)(c1ccccc1)O3)=S1CCCC1. The Hall–Kier alpha value is -9.70. The van der Waals surface area contributed by atoms with Crippen LogP contribution in [0, 0.1) is 6.57 Å². The Morgan fingerprint density at radius 3 is 1.22 bits per heavy atom. The number of benzene rings is 6. The average molecular weight is 1210 g/mol. The number of ether oxygens (including phenoxy) is 6. The van der Waals surface area contributed by atoms with Crippen molar-refractivity contribution in [2.45, 2.75) is 59.1 Å². The summed E-state index contributed by atoms with van der Waals surface area (Å²) in [5.41, 5.74) is 1.90. The first-order chi connectivity index (χ1) is 40.8. The van der Waals surface area contributed by atoms with E-state index in [1.54, 1.807) is 48.5 Å². The van der Waals surface area contributed by atoms with Crippen LogP contribution in [-0.4, -0.2) is 114 Å². The molecule has 0 aromatic heterocycles. The first kappa shape index (κ1) is 58.5. The Morgan fingerprint density at radius 2 is 0.906 bits per heavy atom. The standard InChI is InChI=1S/C33H28N2O8S2.C28H21NO10S/c1-3-16-41-32(38)25(20-26(36)30(34-2)44-17-10-11-18-44)35-31(37)24-19-27-28(21-29(24)45(35,39)40)43-33(42-27,22-12-6-4-7-13-22)23-14-8-5-9-15-23;1-2-13-37-27(34)20(15-21(30)26(32)33)29-25(31)19-14-22-23(16-24(19)40(29,35)36)39-28(38-22,17-9-5-3-6-10-17)18-11-7-4-8-12-18/h3-9,12-15,19,21,25H,1,10-11,16-18,20H2;2-12,14,16,20H,1,13,15H2,(H,32,33)/t25-;20-/m00/s1. The van der Waals surface area contributed by atoms with Gasteiger partial charge in [0.1, 0.15) is 23.0 Å². The molecular weight excluding hydrogens is 1160 g/mol. The second kappa shape index (κ2) is 23.5. The topological polar surface area (TPSA) is 274 Å². The first-order valence-corrected chi connectivity index (χ1v) is 30.5. The van der Waals surface area contributed by atoms with Gasteiger partial charge in [-0.15, -0.1) is 0 Å². The van der Waals surface area contributed by atoms with Crippen LogP contribution < -0.4 is 18.9 Å². The molecule has 1 saturated heterocycles. The van der Waals surface area contributed by atoms with Crippen molar-refractivity contribution in [2.75, 3.05) is 24.7 Å². The van der Waals surface area contributed by atoms with Crippen molar-refractivity contribution in [3.05, 3.63) is 216 Å². The van der Waals surface area contributed by atoms with Gasteiger partial charge >= 0.3 is 29.5 Å². The largest absolute Gasteiger partial charge is 0.475 e. The Morgan fingerprint density at radius 1 is 0.576 bits per heavy atom. The molecule has 0 spiro atoms. The number of carboxylic acids is 1.